The molecule has 1 N–H and O–H groups in total. The van der Waals surface area contributed by atoms with E-state index in [1.807, 2.05) is 37.3 Å². The van der Waals surface area contributed by atoms with Gasteiger partial charge in [-0.05, 0) is 59.9 Å². The molecule has 6 heteroatoms. The average molecular weight is 457 g/mol. The van der Waals surface area contributed by atoms with E-state index in [2.05, 4.69) is 11.9 Å². The van der Waals surface area contributed by atoms with Crippen LogP contribution >= 0.6 is 0 Å². The third-order valence-electron chi connectivity index (χ3n) is 5.92. The molecule has 1 unspecified atom stereocenters. The van der Waals surface area contributed by atoms with Crippen LogP contribution < -0.4 is 4.74 Å². The van der Waals surface area contributed by atoms with Gasteiger partial charge in [-0.2, -0.15) is 0 Å². The van der Waals surface area contributed by atoms with Crippen LogP contribution in [0.3, 0.4) is 0 Å². The van der Waals surface area contributed by atoms with Crippen molar-refractivity contribution >= 4 is 17.4 Å². The van der Waals surface area contributed by atoms with E-state index in [4.69, 9.17) is 4.74 Å². The van der Waals surface area contributed by atoms with Crippen LogP contribution in [0.4, 0.5) is 0 Å². The number of pyridine rings is 1. The van der Waals surface area contributed by atoms with Gasteiger partial charge in [0.2, 0.25) is 0 Å². The Morgan fingerprint density at radius 2 is 1.74 bits per heavy atom. The number of rotatable bonds is 8. The molecule has 1 aromatic heterocycles. The molecule has 2 heterocycles. The maximum Gasteiger partial charge on any atom is 0.295 e. The molecule has 6 nitrogen and oxygen atoms in total. The second kappa shape index (κ2) is 10.3. The number of aliphatic hydroxyl groups is 1. The van der Waals surface area contributed by atoms with Gasteiger partial charge in [0.1, 0.15) is 11.5 Å². The van der Waals surface area contributed by atoms with E-state index in [-0.39, 0.29) is 17.9 Å². The Morgan fingerprint density at radius 3 is 2.35 bits per heavy atom. The molecular weight excluding hydrogens is 428 g/mol. The summed E-state index contributed by atoms with van der Waals surface area (Å²) in [6.07, 6.45) is 5.10. The van der Waals surface area contributed by atoms with Gasteiger partial charge in [0, 0.05) is 24.5 Å². The Bertz CT molecular complexity index is 1190. The number of carbonyl (C=O) groups excluding carboxylic acids is 2. The number of aryl methyl sites for hydroxylation is 1. The molecule has 1 saturated heterocycles. The van der Waals surface area contributed by atoms with Crippen molar-refractivity contribution in [2.45, 2.75) is 39.3 Å². The maximum atomic E-state index is 13.2. The smallest absolute Gasteiger partial charge is 0.295 e. The Morgan fingerprint density at radius 1 is 1.00 bits per heavy atom. The fraction of sp³-hybridized carbons (Fsp3) is 0.250. The third-order valence-corrected chi connectivity index (χ3v) is 5.92. The lowest BCUT2D eigenvalue weighted by molar-refractivity contribution is -0.140. The molecule has 0 spiro atoms. The van der Waals surface area contributed by atoms with Crippen molar-refractivity contribution in [3.63, 3.8) is 0 Å². The zero-order valence-corrected chi connectivity index (χ0v) is 19.4. The van der Waals surface area contributed by atoms with E-state index in [0.717, 1.165) is 29.5 Å². The number of carbonyl (C=O) groups is 2. The Hall–Kier alpha value is -3.93. The van der Waals surface area contributed by atoms with Gasteiger partial charge >= 0.3 is 0 Å². The second-order valence-corrected chi connectivity index (χ2v) is 8.26. The molecule has 1 aliphatic heterocycles. The van der Waals surface area contributed by atoms with E-state index in [1.165, 1.54) is 4.90 Å². The minimum atomic E-state index is -0.706. The highest BCUT2D eigenvalue weighted by molar-refractivity contribution is 6.46. The molecule has 34 heavy (non-hydrogen) atoms. The van der Waals surface area contributed by atoms with E-state index < -0.39 is 17.7 Å². The number of ether oxygens (including phenoxy) is 1. The number of Topliss-reactive ketones (excluding diaryl/α,β-unsaturated/α-hetero) is 1. The van der Waals surface area contributed by atoms with Crippen LogP contribution in [-0.4, -0.2) is 33.3 Å². The molecule has 1 aliphatic rings. The average Bonchev–Trinajstić information content (AvgIpc) is 3.13. The van der Waals surface area contributed by atoms with Crippen LogP contribution in [-0.2, 0) is 22.6 Å². The van der Waals surface area contributed by atoms with Crippen LogP contribution in [0.2, 0.25) is 0 Å². The third kappa shape index (κ3) is 4.71. The van der Waals surface area contributed by atoms with Gasteiger partial charge in [-0.15, -0.1) is 0 Å². The number of benzene rings is 2. The van der Waals surface area contributed by atoms with Crippen molar-refractivity contribution in [2.75, 3.05) is 6.61 Å². The Kier molecular flexibility index (Phi) is 7.07. The molecule has 1 atom stereocenters. The minimum absolute atomic E-state index is 0.0837. The highest BCUT2D eigenvalue weighted by Crippen LogP contribution is 2.40. The monoisotopic (exact) mass is 456 g/mol. The lowest BCUT2D eigenvalue weighted by Gasteiger charge is -2.25. The zero-order valence-electron chi connectivity index (χ0n) is 19.4. The van der Waals surface area contributed by atoms with Gasteiger partial charge in [-0.3, -0.25) is 14.6 Å². The highest BCUT2D eigenvalue weighted by atomic mass is 16.5. The van der Waals surface area contributed by atoms with Crippen molar-refractivity contribution < 1.29 is 19.4 Å². The first-order valence-corrected chi connectivity index (χ1v) is 11.5. The quantitative estimate of drug-likeness (QED) is 0.291. The normalized spacial score (nSPS) is 17.2. The number of nitrogens with zero attached hydrogens (tertiary/aromatic N) is 2. The summed E-state index contributed by atoms with van der Waals surface area (Å²) in [5, 5.41) is 11.2. The van der Waals surface area contributed by atoms with E-state index in [0.29, 0.717) is 17.9 Å². The molecule has 3 aromatic rings. The molecular formula is C28H28N2O4. The van der Waals surface area contributed by atoms with E-state index >= 15 is 0 Å². The van der Waals surface area contributed by atoms with Gasteiger partial charge in [0.15, 0.2) is 0 Å². The van der Waals surface area contributed by atoms with Crippen LogP contribution in [0.5, 0.6) is 5.75 Å². The van der Waals surface area contributed by atoms with Crippen molar-refractivity contribution in [1.82, 2.24) is 9.88 Å². The summed E-state index contributed by atoms with van der Waals surface area (Å²) in [6.45, 7) is 4.90. The van der Waals surface area contributed by atoms with Gasteiger partial charge in [-0.25, -0.2) is 0 Å². The molecule has 1 amide bonds. The highest BCUT2D eigenvalue weighted by Gasteiger charge is 2.46. The molecule has 4 rings (SSSR count). The zero-order chi connectivity index (χ0) is 24.1. The van der Waals surface area contributed by atoms with E-state index in [9.17, 15) is 14.7 Å². The first kappa shape index (κ1) is 23.2. The van der Waals surface area contributed by atoms with Gasteiger partial charge in [0.25, 0.3) is 11.7 Å². The topological polar surface area (TPSA) is 79.7 Å². The van der Waals surface area contributed by atoms with Crippen molar-refractivity contribution in [1.29, 1.82) is 0 Å². The second-order valence-electron chi connectivity index (χ2n) is 8.26. The predicted octanol–water partition coefficient (Wildman–Crippen LogP) is 5.05. The predicted molar refractivity (Wildman–Crippen MR) is 130 cm³/mol. The molecule has 174 valence electrons. The fourth-order valence-electron chi connectivity index (χ4n) is 4.10. The molecule has 0 bridgehead atoms. The number of hydrogen-bond acceptors (Lipinski definition) is 5. The number of ketones is 1. The number of aromatic nitrogens is 1. The number of likely N-dealkylation sites (tertiary alicyclic amines) is 1. The summed E-state index contributed by atoms with van der Waals surface area (Å²) in [5.74, 6) is -0.851. The first-order chi connectivity index (χ1) is 16.5. The minimum Gasteiger partial charge on any atom is -0.507 e. The maximum absolute atomic E-state index is 13.2. The van der Waals surface area contributed by atoms with Crippen LogP contribution in [0.1, 0.15) is 48.6 Å². The summed E-state index contributed by atoms with van der Waals surface area (Å²) >= 11 is 0. The Labute approximate surface area is 199 Å². The van der Waals surface area contributed by atoms with Crippen LogP contribution in [0, 0.1) is 0 Å². The number of amides is 1. The van der Waals surface area contributed by atoms with Gasteiger partial charge < -0.3 is 14.7 Å². The van der Waals surface area contributed by atoms with Crippen LogP contribution in [0.15, 0.2) is 78.6 Å². The summed E-state index contributed by atoms with van der Waals surface area (Å²) in [4.78, 5) is 31.9. The van der Waals surface area contributed by atoms with Crippen LogP contribution in [0.25, 0.3) is 5.76 Å². The van der Waals surface area contributed by atoms with Crippen molar-refractivity contribution in [3.05, 3.63) is 101 Å². The lowest BCUT2D eigenvalue weighted by atomic mass is 9.94. The lowest BCUT2D eigenvalue weighted by Crippen LogP contribution is -2.29. The fourth-order valence-corrected chi connectivity index (χ4v) is 4.10. The standard InChI is InChI=1S/C28H28N2O4/c1-3-16-34-23-13-11-22(12-14-23)26(31)24-25(21-9-7-19(4-2)8-10-21)30(28(33)27(24)32)18-20-6-5-15-29-17-20/h5-15,17,25,31H,3-4,16,18H2,1-2H3/b26-24+. The molecule has 1 fully saturated rings. The summed E-state index contributed by atoms with van der Waals surface area (Å²) in [7, 11) is 0. The number of hydrogen-bond donors (Lipinski definition) is 1. The number of aliphatic hydroxyl groups excluding tert-OH is 1. The van der Waals surface area contributed by atoms with Gasteiger partial charge in [0.05, 0.1) is 18.2 Å². The molecule has 0 aliphatic carbocycles. The largest absolute Gasteiger partial charge is 0.507 e. The first-order valence-electron chi connectivity index (χ1n) is 11.5. The summed E-state index contributed by atoms with van der Waals surface area (Å²) < 4.78 is 5.62. The van der Waals surface area contributed by atoms with Crippen molar-refractivity contribution in [2.24, 2.45) is 0 Å². The molecule has 0 radical (unpaired) electrons. The Balaban J connectivity index is 1.78. The van der Waals surface area contributed by atoms with E-state index in [1.54, 1.807) is 42.7 Å². The SMILES string of the molecule is CCCOc1ccc(/C(O)=C2\C(=O)C(=O)N(Cc3cccnc3)C2c2ccc(CC)cc2)cc1. The molecule has 2 aromatic carbocycles. The summed E-state index contributed by atoms with van der Waals surface area (Å²) in [5.41, 5.74) is 3.26. The van der Waals surface area contributed by atoms with Gasteiger partial charge in [-0.1, -0.05) is 44.2 Å². The van der Waals surface area contributed by atoms with Crippen molar-refractivity contribution in [3.8, 4) is 5.75 Å². The molecule has 0 saturated carbocycles. The summed E-state index contributed by atoms with van der Waals surface area (Å²) in [6, 6.07) is 17.7.